The maximum atomic E-state index is 5.90. The molecule has 2 aromatic rings. The SMILES string of the molecule is C=Nc1ccc(CC)cc1-c1ccc(Cl)cc1. The van der Waals surface area contributed by atoms with Gasteiger partial charge in [0.1, 0.15) is 0 Å². The normalized spacial score (nSPS) is 10.2. The van der Waals surface area contributed by atoms with Crippen molar-refractivity contribution in [2.45, 2.75) is 13.3 Å². The van der Waals surface area contributed by atoms with Crippen molar-refractivity contribution in [1.29, 1.82) is 0 Å². The van der Waals surface area contributed by atoms with Gasteiger partial charge >= 0.3 is 0 Å². The van der Waals surface area contributed by atoms with Crippen molar-refractivity contribution >= 4 is 24.0 Å². The fraction of sp³-hybridized carbons (Fsp3) is 0.133. The Morgan fingerprint density at radius 3 is 2.41 bits per heavy atom. The first kappa shape index (κ1) is 11.9. The Morgan fingerprint density at radius 1 is 1.12 bits per heavy atom. The highest BCUT2D eigenvalue weighted by molar-refractivity contribution is 6.30. The van der Waals surface area contributed by atoms with E-state index < -0.39 is 0 Å². The van der Waals surface area contributed by atoms with E-state index in [0.717, 1.165) is 28.3 Å². The lowest BCUT2D eigenvalue weighted by Crippen LogP contribution is -1.84. The second-order valence-corrected chi connectivity index (χ2v) is 4.31. The molecule has 0 N–H and O–H groups in total. The van der Waals surface area contributed by atoms with Crippen LogP contribution in [0.1, 0.15) is 12.5 Å². The van der Waals surface area contributed by atoms with Gasteiger partial charge in [-0.1, -0.05) is 36.7 Å². The second-order valence-electron chi connectivity index (χ2n) is 3.87. The third-order valence-corrected chi connectivity index (χ3v) is 3.05. The Hall–Kier alpha value is -1.60. The molecular formula is C15H14ClN. The smallest absolute Gasteiger partial charge is 0.0700 e. The fourth-order valence-electron chi connectivity index (χ4n) is 1.80. The van der Waals surface area contributed by atoms with Crippen LogP contribution in [0.15, 0.2) is 47.5 Å². The van der Waals surface area contributed by atoms with E-state index in [1.165, 1.54) is 5.56 Å². The van der Waals surface area contributed by atoms with Crippen LogP contribution in [0.25, 0.3) is 11.1 Å². The van der Waals surface area contributed by atoms with Crippen LogP contribution in [0.4, 0.5) is 5.69 Å². The minimum atomic E-state index is 0.744. The number of nitrogens with zero attached hydrogens (tertiary/aromatic N) is 1. The zero-order valence-corrected chi connectivity index (χ0v) is 10.5. The number of aliphatic imine (C=N–C) groups is 1. The zero-order valence-electron chi connectivity index (χ0n) is 9.78. The number of hydrogen-bond donors (Lipinski definition) is 0. The summed E-state index contributed by atoms with van der Waals surface area (Å²) in [6.45, 7) is 5.75. The molecule has 0 atom stereocenters. The number of halogens is 1. The monoisotopic (exact) mass is 243 g/mol. The third-order valence-electron chi connectivity index (χ3n) is 2.79. The Morgan fingerprint density at radius 2 is 1.82 bits per heavy atom. The summed E-state index contributed by atoms with van der Waals surface area (Å²) >= 11 is 5.90. The minimum Gasteiger partial charge on any atom is -0.264 e. The molecule has 0 aliphatic carbocycles. The molecule has 0 spiro atoms. The van der Waals surface area contributed by atoms with Crippen molar-refractivity contribution in [3.05, 3.63) is 53.1 Å². The molecule has 17 heavy (non-hydrogen) atoms. The van der Waals surface area contributed by atoms with E-state index in [-0.39, 0.29) is 0 Å². The van der Waals surface area contributed by atoms with E-state index in [1.54, 1.807) is 0 Å². The van der Waals surface area contributed by atoms with Gasteiger partial charge in [0.05, 0.1) is 5.69 Å². The topological polar surface area (TPSA) is 12.4 Å². The van der Waals surface area contributed by atoms with Gasteiger partial charge in [-0.3, -0.25) is 4.99 Å². The van der Waals surface area contributed by atoms with E-state index in [1.807, 2.05) is 30.3 Å². The lowest BCUT2D eigenvalue weighted by Gasteiger charge is -2.08. The Bertz CT molecular complexity index is 529. The van der Waals surface area contributed by atoms with E-state index in [9.17, 15) is 0 Å². The number of hydrogen-bond acceptors (Lipinski definition) is 1. The summed E-state index contributed by atoms with van der Waals surface area (Å²) in [6.07, 6.45) is 1.01. The molecule has 86 valence electrons. The van der Waals surface area contributed by atoms with Gasteiger partial charge in [-0.15, -0.1) is 0 Å². The van der Waals surface area contributed by atoms with Crippen LogP contribution in [0.3, 0.4) is 0 Å². The molecule has 0 aromatic heterocycles. The second kappa shape index (κ2) is 5.15. The summed E-state index contributed by atoms with van der Waals surface area (Å²) in [5.41, 5.74) is 4.43. The highest BCUT2D eigenvalue weighted by Gasteiger charge is 2.04. The van der Waals surface area contributed by atoms with E-state index >= 15 is 0 Å². The van der Waals surface area contributed by atoms with Gasteiger partial charge in [0.2, 0.25) is 0 Å². The lowest BCUT2D eigenvalue weighted by molar-refractivity contribution is 1.14. The molecular weight excluding hydrogens is 230 g/mol. The number of benzene rings is 2. The summed E-state index contributed by atoms with van der Waals surface area (Å²) in [5, 5.41) is 0.744. The van der Waals surface area contributed by atoms with Gasteiger partial charge in [-0.05, 0) is 48.5 Å². The molecule has 0 amide bonds. The Kier molecular flexibility index (Phi) is 3.60. The lowest BCUT2D eigenvalue weighted by atomic mass is 10.00. The molecule has 0 bridgehead atoms. The number of aryl methyl sites for hydroxylation is 1. The first-order valence-corrected chi connectivity index (χ1v) is 5.98. The van der Waals surface area contributed by atoms with Gasteiger partial charge in [0, 0.05) is 10.6 Å². The highest BCUT2D eigenvalue weighted by atomic mass is 35.5. The molecule has 0 aliphatic rings. The molecule has 0 unspecified atom stereocenters. The summed E-state index contributed by atoms with van der Waals surface area (Å²) < 4.78 is 0. The molecule has 0 aliphatic heterocycles. The third kappa shape index (κ3) is 2.56. The quantitative estimate of drug-likeness (QED) is 0.680. The standard InChI is InChI=1S/C15H14ClN/c1-3-11-4-9-15(17-2)14(10-11)12-5-7-13(16)8-6-12/h4-10H,2-3H2,1H3. The van der Waals surface area contributed by atoms with Gasteiger partial charge in [-0.2, -0.15) is 0 Å². The van der Waals surface area contributed by atoms with Gasteiger partial charge in [-0.25, -0.2) is 0 Å². The zero-order chi connectivity index (χ0) is 12.3. The average molecular weight is 244 g/mol. The minimum absolute atomic E-state index is 0.744. The highest BCUT2D eigenvalue weighted by Crippen LogP contribution is 2.31. The van der Waals surface area contributed by atoms with Gasteiger partial charge in [0.25, 0.3) is 0 Å². The summed E-state index contributed by atoms with van der Waals surface area (Å²) in [6, 6.07) is 14.1. The maximum Gasteiger partial charge on any atom is 0.0700 e. The van der Waals surface area contributed by atoms with E-state index in [0.29, 0.717) is 0 Å². The summed E-state index contributed by atoms with van der Waals surface area (Å²) in [5.74, 6) is 0. The first-order valence-electron chi connectivity index (χ1n) is 5.60. The summed E-state index contributed by atoms with van der Waals surface area (Å²) in [7, 11) is 0. The van der Waals surface area contributed by atoms with Crippen LogP contribution in [-0.4, -0.2) is 6.72 Å². The Balaban J connectivity index is 2.55. The predicted octanol–water partition coefficient (Wildman–Crippen LogP) is 4.90. The van der Waals surface area contributed by atoms with Crippen molar-refractivity contribution in [2.75, 3.05) is 0 Å². The average Bonchev–Trinajstić information content (AvgIpc) is 2.39. The van der Waals surface area contributed by atoms with Crippen LogP contribution in [0, 0.1) is 0 Å². The molecule has 0 heterocycles. The molecule has 0 saturated heterocycles. The molecule has 0 radical (unpaired) electrons. The molecule has 0 saturated carbocycles. The van der Waals surface area contributed by atoms with Crippen molar-refractivity contribution in [1.82, 2.24) is 0 Å². The number of rotatable bonds is 3. The van der Waals surface area contributed by atoms with Crippen molar-refractivity contribution in [3.8, 4) is 11.1 Å². The van der Waals surface area contributed by atoms with Crippen molar-refractivity contribution in [2.24, 2.45) is 4.99 Å². The predicted molar refractivity (Wildman–Crippen MR) is 75.5 cm³/mol. The molecule has 2 rings (SSSR count). The molecule has 1 nitrogen and oxygen atoms in total. The Labute approximate surface area is 107 Å². The first-order chi connectivity index (χ1) is 8.24. The van der Waals surface area contributed by atoms with Crippen LogP contribution in [0.5, 0.6) is 0 Å². The van der Waals surface area contributed by atoms with Crippen LogP contribution in [-0.2, 0) is 6.42 Å². The van der Waals surface area contributed by atoms with Crippen LogP contribution < -0.4 is 0 Å². The van der Waals surface area contributed by atoms with Crippen LogP contribution in [0.2, 0.25) is 5.02 Å². The molecule has 2 aromatic carbocycles. The van der Waals surface area contributed by atoms with Crippen LogP contribution >= 0.6 is 11.6 Å². The van der Waals surface area contributed by atoms with Crippen molar-refractivity contribution in [3.63, 3.8) is 0 Å². The van der Waals surface area contributed by atoms with Crippen molar-refractivity contribution < 1.29 is 0 Å². The van der Waals surface area contributed by atoms with E-state index in [4.69, 9.17) is 11.6 Å². The largest absolute Gasteiger partial charge is 0.264 e. The molecule has 2 heteroatoms. The van der Waals surface area contributed by atoms with E-state index in [2.05, 4.69) is 30.8 Å². The van der Waals surface area contributed by atoms with Gasteiger partial charge < -0.3 is 0 Å². The van der Waals surface area contributed by atoms with Gasteiger partial charge in [0.15, 0.2) is 0 Å². The molecule has 0 fully saturated rings. The fourth-order valence-corrected chi connectivity index (χ4v) is 1.93. The maximum absolute atomic E-state index is 5.90. The summed E-state index contributed by atoms with van der Waals surface area (Å²) in [4.78, 5) is 4.06.